The first-order valence-electron chi connectivity index (χ1n) is 9.84. The van der Waals surface area contributed by atoms with Crippen LogP contribution in [-0.2, 0) is 4.79 Å². The lowest BCUT2D eigenvalue weighted by molar-refractivity contribution is -0.115. The molecule has 0 saturated heterocycles. The van der Waals surface area contributed by atoms with Crippen LogP contribution in [0, 0.1) is 5.82 Å². The van der Waals surface area contributed by atoms with E-state index in [9.17, 15) is 18.8 Å². The van der Waals surface area contributed by atoms with Crippen molar-refractivity contribution in [3.05, 3.63) is 89.7 Å². The summed E-state index contributed by atoms with van der Waals surface area (Å²) < 4.78 is 13.8. The van der Waals surface area contributed by atoms with E-state index >= 15 is 0 Å². The fourth-order valence-corrected chi connectivity index (χ4v) is 3.91. The van der Waals surface area contributed by atoms with Gasteiger partial charge in [0, 0.05) is 16.3 Å². The second-order valence-corrected chi connectivity index (χ2v) is 8.12. The number of hydrogen-bond donors (Lipinski definition) is 3. The molecule has 32 heavy (non-hydrogen) atoms. The molecule has 0 fully saturated rings. The largest absolute Gasteiger partial charge is 0.478 e. The standard InChI is InChI=1S/C24H21FN2O4S/c1-2-21(23(29)26-16-12-10-15(11-13-16)24(30)31)32-18-7-5-6-17(14-18)27-22(28)19-8-3-4-9-20(19)25/h3-14,21H,2H2,1H3,(H,26,29)(H,27,28)(H,30,31). The number of thioether (sulfide) groups is 1. The first kappa shape index (κ1) is 23.0. The summed E-state index contributed by atoms with van der Waals surface area (Å²) in [6, 6.07) is 18.6. The molecule has 3 aromatic carbocycles. The van der Waals surface area contributed by atoms with Gasteiger partial charge < -0.3 is 15.7 Å². The van der Waals surface area contributed by atoms with Crippen LogP contribution in [0.4, 0.5) is 15.8 Å². The Labute approximate surface area is 188 Å². The van der Waals surface area contributed by atoms with E-state index in [0.717, 1.165) is 4.90 Å². The van der Waals surface area contributed by atoms with E-state index in [1.165, 1.54) is 54.2 Å². The smallest absolute Gasteiger partial charge is 0.335 e. The molecule has 1 atom stereocenters. The quantitative estimate of drug-likeness (QED) is 0.404. The molecule has 0 aliphatic rings. The second-order valence-electron chi connectivity index (χ2n) is 6.85. The second kappa shape index (κ2) is 10.6. The fraction of sp³-hybridized carbons (Fsp3) is 0.125. The van der Waals surface area contributed by atoms with Gasteiger partial charge in [-0.05, 0) is 61.0 Å². The van der Waals surface area contributed by atoms with Gasteiger partial charge in [-0.3, -0.25) is 9.59 Å². The van der Waals surface area contributed by atoms with Gasteiger partial charge in [0.15, 0.2) is 0 Å². The van der Waals surface area contributed by atoms with Gasteiger partial charge >= 0.3 is 5.97 Å². The summed E-state index contributed by atoms with van der Waals surface area (Å²) in [5.74, 6) is -2.41. The first-order valence-corrected chi connectivity index (χ1v) is 10.7. The number of carbonyl (C=O) groups is 3. The lowest BCUT2D eigenvalue weighted by Gasteiger charge is -2.15. The monoisotopic (exact) mass is 452 g/mol. The maximum absolute atomic E-state index is 13.8. The molecule has 1 unspecified atom stereocenters. The number of hydrogen-bond acceptors (Lipinski definition) is 4. The Hall–Kier alpha value is -3.65. The van der Waals surface area contributed by atoms with E-state index < -0.39 is 22.9 Å². The van der Waals surface area contributed by atoms with Crippen molar-refractivity contribution in [3.8, 4) is 0 Å². The molecule has 6 nitrogen and oxygen atoms in total. The third kappa shape index (κ3) is 5.95. The molecule has 0 aromatic heterocycles. The van der Waals surface area contributed by atoms with Crippen molar-refractivity contribution in [2.45, 2.75) is 23.5 Å². The highest BCUT2D eigenvalue weighted by Gasteiger charge is 2.19. The summed E-state index contributed by atoms with van der Waals surface area (Å²) in [4.78, 5) is 36.7. The van der Waals surface area contributed by atoms with E-state index in [1.54, 1.807) is 24.3 Å². The molecule has 0 aliphatic carbocycles. The summed E-state index contributed by atoms with van der Waals surface area (Å²) in [6.07, 6.45) is 0.551. The highest BCUT2D eigenvalue weighted by Crippen LogP contribution is 2.29. The zero-order valence-electron chi connectivity index (χ0n) is 17.2. The molecule has 0 saturated carbocycles. The van der Waals surface area contributed by atoms with E-state index in [4.69, 9.17) is 5.11 Å². The lowest BCUT2D eigenvalue weighted by Crippen LogP contribution is -2.24. The van der Waals surface area contributed by atoms with Crippen LogP contribution in [0.1, 0.15) is 34.1 Å². The van der Waals surface area contributed by atoms with Crippen molar-refractivity contribution in [2.75, 3.05) is 10.6 Å². The molecule has 0 radical (unpaired) electrons. The lowest BCUT2D eigenvalue weighted by atomic mass is 10.2. The Morgan fingerprint density at radius 3 is 2.31 bits per heavy atom. The maximum Gasteiger partial charge on any atom is 0.335 e. The van der Waals surface area contributed by atoms with Crippen molar-refractivity contribution in [1.29, 1.82) is 0 Å². The van der Waals surface area contributed by atoms with Crippen LogP contribution in [-0.4, -0.2) is 28.1 Å². The molecule has 3 N–H and O–H groups in total. The van der Waals surface area contributed by atoms with Gasteiger partial charge in [-0.15, -0.1) is 11.8 Å². The summed E-state index contributed by atoms with van der Waals surface area (Å²) in [7, 11) is 0. The minimum Gasteiger partial charge on any atom is -0.478 e. The highest BCUT2D eigenvalue weighted by molar-refractivity contribution is 8.00. The summed E-state index contributed by atoms with van der Waals surface area (Å²) in [6.45, 7) is 1.88. The molecule has 0 aliphatic heterocycles. The topological polar surface area (TPSA) is 95.5 Å². The average Bonchev–Trinajstić information content (AvgIpc) is 2.78. The van der Waals surface area contributed by atoms with E-state index in [0.29, 0.717) is 17.8 Å². The molecular weight excluding hydrogens is 431 g/mol. The highest BCUT2D eigenvalue weighted by atomic mass is 32.2. The average molecular weight is 453 g/mol. The molecule has 0 heterocycles. The summed E-state index contributed by atoms with van der Waals surface area (Å²) >= 11 is 1.33. The first-order chi connectivity index (χ1) is 15.4. The molecule has 3 aromatic rings. The SMILES string of the molecule is CCC(Sc1cccc(NC(=O)c2ccccc2F)c1)C(=O)Nc1ccc(C(=O)O)cc1. The predicted octanol–water partition coefficient (Wildman–Crippen LogP) is 5.29. The predicted molar refractivity (Wildman–Crippen MR) is 123 cm³/mol. The number of carboxylic acid groups (broad SMARTS) is 1. The van der Waals surface area contributed by atoms with Gasteiger partial charge in [0.25, 0.3) is 5.91 Å². The molecule has 0 bridgehead atoms. The number of anilines is 2. The number of aromatic carboxylic acids is 1. The van der Waals surface area contributed by atoms with Crippen LogP contribution >= 0.6 is 11.8 Å². The third-order valence-electron chi connectivity index (χ3n) is 4.55. The number of carbonyl (C=O) groups excluding carboxylic acids is 2. The molecule has 8 heteroatoms. The van der Waals surface area contributed by atoms with Gasteiger partial charge in [0.1, 0.15) is 5.82 Å². The Kier molecular flexibility index (Phi) is 7.62. The number of halogens is 1. The number of benzene rings is 3. The molecule has 2 amide bonds. The van der Waals surface area contributed by atoms with E-state index in [1.807, 2.05) is 13.0 Å². The zero-order valence-corrected chi connectivity index (χ0v) is 18.0. The number of nitrogens with one attached hydrogen (secondary N) is 2. The molecular formula is C24H21FN2O4S. The fourth-order valence-electron chi connectivity index (χ4n) is 2.90. The van der Waals surface area contributed by atoms with E-state index in [2.05, 4.69) is 10.6 Å². The third-order valence-corrected chi connectivity index (χ3v) is 5.91. The molecule has 0 spiro atoms. The van der Waals surface area contributed by atoms with Crippen LogP contribution < -0.4 is 10.6 Å². The Bertz CT molecular complexity index is 1130. The summed E-state index contributed by atoms with van der Waals surface area (Å²) in [5.41, 5.74) is 1.08. The van der Waals surface area contributed by atoms with Crippen molar-refractivity contribution in [2.24, 2.45) is 0 Å². The van der Waals surface area contributed by atoms with Gasteiger partial charge in [-0.1, -0.05) is 25.1 Å². The van der Waals surface area contributed by atoms with Gasteiger partial charge in [-0.25, -0.2) is 9.18 Å². The number of rotatable bonds is 8. The molecule has 3 rings (SSSR count). The van der Waals surface area contributed by atoms with Crippen molar-refractivity contribution in [3.63, 3.8) is 0 Å². The van der Waals surface area contributed by atoms with Crippen molar-refractivity contribution in [1.82, 2.24) is 0 Å². The van der Waals surface area contributed by atoms with Gasteiger partial charge in [0.2, 0.25) is 5.91 Å². The number of amides is 2. The minimum atomic E-state index is -1.04. The van der Waals surface area contributed by atoms with Crippen LogP contribution in [0.5, 0.6) is 0 Å². The van der Waals surface area contributed by atoms with Crippen LogP contribution in [0.25, 0.3) is 0 Å². The Morgan fingerprint density at radius 2 is 1.66 bits per heavy atom. The van der Waals surface area contributed by atoms with Crippen LogP contribution in [0.2, 0.25) is 0 Å². The van der Waals surface area contributed by atoms with Crippen molar-refractivity contribution >= 4 is 40.9 Å². The summed E-state index contributed by atoms with van der Waals surface area (Å²) in [5, 5.41) is 14.0. The van der Waals surface area contributed by atoms with Crippen LogP contribution in [0.15, 0.2) is 77.7 Å². The van der Waals surface area contributed by atoms with E-state index in [-0.39, 0.29) is 17.0 Å². The molecule has 164 valence electrons. The Balaban J connectivity index is 1.66. The van der Waals surface area contributed by atoms with Crippen LogP contribution in [0.3, 0.4) is 0 Å². The minimum absolute atomic E-state index is 0.0507. The van der Waals surface area contributed by atoms with Gasteiger partial charge in [0.05, 0.1) is 16.4 Å². The zero-order chi connectivity index (χ0) is 23.1. The van der Waals surface area contributed by atoms with Crippen molar-refractivity contribution < 1.29 is 23.9 Å². The Morgan fingerprint density at radius 1 is 0.938 bits per heavy atom. The number of carboxylic acids is 1. The maximum atomic E-state index is 13.8. The van der Waals surface area contributed by atoms with Gasteiger partial charge in [-0.2, -0.15) is 0 Å². The normalized spacial score (nSPS) is 11.4.